The van der Waals surface area contributed by atoms with Gasteiger partial charge >= 0.3 is 0 Å². The molecule has 0 bridgehead atoms. The Morgan fingerprint density at radius 1 is 1.48 bits per heavy atom. The van der Waals surface area contributed by atoms with Gasteiger partial charge in [0.15, 0.2) is 6.61 Å². The molecule has 1 amide bonds. The highest BCUT2D eigenvalue weighted by Crippen LogP contribution is 2.38. The Morgan fingerprint density at radius 3 is 3.00 bits per heavy atom. The van der Waals surface area contributed by atoms with Gasteiger partial charge in [0.2, 0.25) is 0 Å². The maximum Gasteiger partial charge on any atom is 0.262 e. The maximum absolute atomic E-state index is 11.3. The van der Waals surface area contributed by atoms with Gasteiger partial charge in [0.25, 0.3) is 5.91 Å². The van der Waals surface area contributed by atoms with Crippen LogP contribution in [0.15, 0.2) is 28.1 Å². The minimum absolute atomic E-state index is 0.0293. The van der Waals surface area contributed by atoms with E-state index >= 15 is 0 Å². The van der Waals surface area contributed by atoms with Crippen molar-refractivity contribution in [3.05, 3.63) is 38.0 Å². The second-order valence-corrected chi connectivity index (χ2v) is 7.57. The summed E-state index contributed by atoms with van der Waals surface area (Å²) in [6.07, 6.45) is 0. The summed E-state index contributed by atoms with van der Waals surface area (Å²) in [7, 11) is 0. The third-order valence-corrected chi connectivity index (χ3v) is 5.21. The number of carbonyl (C=O) groups is 1. The lowest BCUT2D eigenvalue weighted by molar-refractivity contribution is -0.118. The standard InChI is InChI=1S/C14H12BrClN2O2S/c1-7(12-2-3-13(15)21-12)17-9-5-11-10(4-8(9)16)18-14(19)6-20-11/h2-5,7,17H,6H2,1H3,(H,18,19). The molecule has 1 atom stereocenters. The number of thiophene rings is 1. The van der Waals surface area contributed by atoms with E-state index in [0.29, 0.717) is 16.5 Å². The number of halogens is 2. The predicted molar refractivity (Wildman–Crippen MR) is 89.6 cm³/mol. The molecule has 2 aromatic rings. The normalized spacial score (nSPS) is 14.9. The topological polar surface area (TPSA) is 50.4 Å². The lowest BCUT2D eigenvalue weighted by Gasteiger charge is -2.21. The first-order chi connectivity index (χ1) is 10.0. The lowest BCUT2D eigenvalue weighted by Crippen LogP contribution is -2.25. The van der Waals surface area contributed by atoms with Crippen molar-refractivity contribution in [3.63, 3.8) is 0 Å². The van der Waals surface area contributed by atoms with Crippen LogP contribution in [-0.2, 0) is 4.79 Å². The van der Waals surface area contributed by atoms with Crippen LogP contribution >= 0.6 is 38.9 Å². The number of fused-ring (bicyclic) bond motifs is 1. The lowest BCUT2D eigenvalue weighted by atomic mass is 10.2. The van der Waals surface area contributed by atoms with E-state index in [1.54, 1.807) is 17.4 Å². The summed E-state index contributed by atoms with van der Waals surface area (Å²) in [4.78, 5) is 12.5. The zero-order valence-corrected chi connectivity index (χ0v) is 14.2. The number of nitrogens with one attached hydrogen (secondary N) is 2. The summed E-state index contributed by atoms with van der Waals surface area (Å²) in [5.41, 5.74) is 1.39. The van der Waals surface area contributed by atoms with Gasteiger partial charge in [-0.3, -0.25) is 4.79 Å². The highest BCUT2D eigenvalue weighted by molar-refractivity contribution is 9.11. The van der Waals surface area contributed by atoms with Gasteiger partial charge in [-0.15, -0.1) is 11.3 Å². The molecule has 1 aromatic heterocycles. The molecule has 1 aliphatic rings. The number of rotatable bonds is 3. The number of benzene rings is 1. The van der Waals surface area contributed by atoms with Gasteiger partial charge < -0.3 is 15.4 Å². The van der Waals surface area contributed by atoms with E-state index in [4.69, 9.17) is 16.3 Å². The van der Waals surface area contributed by atoms with Crippen molar-refractivity contribution in [1.29, 1.82) is 0 Å². The molecule has 0 saturated heterocycles. The molecule has 0 spiro atoms. The van der Waals surface area contributed by atoms with Crippen LogP contribution < -0.4 is 15.4 Å². The first kappa shape index (κ1) is 14.7. The van der Waals surface area contributed by atoms with Crippen molar-refractivity contribution < 1.29 is 9.53 Å². The van der Waals surface area contributed by atoms with Gasteiger partial charge in [-0.1, -0.05) is 11.6 Å². The number of hydrogen-bond donors (Lipinski definition) is 2. The van der Waals surface area contributed by atoms with Gasteiger partial charge in [0.05, 0.1) is 26.2 Å². The molecule has 1 unspecified atom stereocenters. The van der Waals surface area contributed by atoms with Crippen molar-refractivity contribution >= 4 is 56.1 Å². The Kier molecular flexibility index (Phi) is 4.10. The number of anilines is 2. The van der Waals surface area contributed by atoms with Gasteiger partial charge in [0, 0.05) is 10.9 Å². The predicted octanol–water partition coefficient (Wildman–Crippen LogP) is 4.67. The summed E-state index contributed by atoms with van der Waals surface area (Å²) < 4.78 is 6.50. The van der Waals surface area contributed by atoms with Crippen LogP contribution in [0.3, 0.4) is 0 Å². The molecule has 2 N–H and O–H groups in total. The van der Waals surface area contributed by atoms with Crippen LogP contribution in [0.25, 0.3) is 0 Å². The summed E-state index contributed by atoms with van der Waals surface area (Å²) in [6, 6.07) is 7.72. The first-order valence-electron chi connectivity index (χ1n) is 6.31. The van der Waals surface area contributed by atoms with Gasteiger partial charge in [-0.05, 0) is 41.1 Å². The fourth-order valence-corrected chi connectivity index (χ4v) is 3.72. The van der Waals surface area contributed by atoms with Crippen molar-refractivity contribution in [2.75, 3.05) is 17.2 Å². The van der Waals surface area contributed by atoms with Gasteiger partial charge in [-0.25, -0.2) is 0 Å². The number of carbonyl (C=O) groups excluding carboxylic acids is 1. The Hall–Kier alpha value is -1.24. The SMILES string of the molecule is CC(Nc1cc2c(cc1Cl)NC(=O)CO2)c1ccc(Br)s1. The van der Waals surface area contributed by atoms with E-state index < -0.39 is 0 Å². The monoisotopic (exact) mass is 386 g/mol. The van der Waals surface area contributed by atoms with E-state index in [1.807, 2.05) is 12.1 Å². The summed E-state index contributed by atoms with van der Waals surface area (Å²) in [5.74, 6) is 0.456. The van der Waals surface area contributed by atoms with Gasteiger partial charge in [-0.2, -0.15) is 0 Å². The molecule has 1 aromatic carbocycles. The third kappa shape index (κ3) is 3.17. The molecule has 3 rings (SSSR count). The molecule has 4 nitrogen and oxygen atoms in total. The van der Waals surface area contributed by atoms with Crippen LogP contribution in [0.4, 0.5) is 11.4 Å². The Labute approximate surface area is 139 Å². The Morgan fingerprint density at radius 2 is 2.29 bits per heavy atom. The second kappa shape index (κ2) is 5.87. The minimum Gasteiger partial charge on any atom is -0.482 e. The number of amides is 1. The summed E-state index contributed by atoms with van der Waals surface area (Å²) >= 11 is 11.4. The molecule has 1 aliphatic heterocycles. The molecule has 0 saturated carbocycles. The van der Waals surface area contributed by atoms with Crippen molar-refractivity contribution in [2.45, 2.75) is 13.0 Å². The Balaban J connectivity index is 1.84. The molecular weight excluding hydrogens is 376 g/mol. The van der Waals surface area contributed by atoms with Crippen LogP contribution in [0.5, 0.6) is 5.75 Å². The quantitative estimate of drug-likeness (QED) is 0.805. The van der Waals surface area contributed by atoms with E-state index in [1.165, 1.54) is 4.88 Å². The van der Waals surface area contributed by atoms with Crippen molar-refractivity contribution in [3.8, 4) is 5.75 Å². The largest absolute Gasteiger partial charge is 0.482 e. The average Bonchev–Trinajstić information content (AvgIpc) is 2.86. The highest BCUT2D eigenvalue weighted by Gasteiger charge is 2.19. The van der Waals surface area contributed by atoms with E-state index in [0.717, 1.165) is 9.47 Å². The van der Waals surface area contributed by atoms with Crippen LogP contribution in [0.1, 0.15) is 17.8 Å². The second-order valence-electron chi connectivity index (χ2n) is 4.67. The molecule has 0 aliphatic carbocycles. The maximum atomic E-state index is 11.3. The molecule has 0 fully saturated rings. The Bertz CT molecular complexity index is 704. The van der Waals surface area contributed by atoms with E-state index in [9.17, 15) is 4.79 Å². The van der Waals surface area contributed by atoms with E-state index in [-0.39, 0.29) is 18.6 Å². The van der Waals surface area contributed by atoms with Crippen LogP contribution in [0, 0.1) is 0 Å². The fraction of sp³-hybridized carbons (Fsp3) is 0.214. The summed E-state index contributed by atoms with van der Waals surface area (Å²) in [5, 5.41) is 6.65. The molecule has 21 heavy (non-hydrogen) atoms. The first-order valence-corrected chi connectivity index (χ1v) is 8.29. The molecule has 2 heterocycles. The van der Waals surface area contributed by atoms with Crippen LogP contribution in [-0.4, -0.2) is 12.5 Å². The molecule has 0 radical (unpaired) electrons. The van der Waals surface area contributed by atoms with Crippen molar-refractivity contribution in [2.24, 2.45) is 0 Å². The van der Waals surface area contributed by atoms with E-state index in [2.05, 4.69) is 39.6 Å². The highest BCUT2D eigenvalue weighted by atomic mass is 79.9. The molecule has 7 heteroatoms. The number of ether oxygens (including phenoxy) is 1. The zero-order chi connectivity index (χ0) is 15.0. The smallest absolute Gasteiger partial charge is 0.262 e. The summed E-state index contributed by atoms with van der Waals surface area (Å²) in [6.45, 7) is 2.10. The third-order valence-electron chi connectivity index (χ3n) is 3.09. The average molecular weight is 388 g/mol. The fourth-order valence-electron chi connectivity index (χ4n) is 2.08. The zero-order valence-electron chi connectivity index (χ0n) is 11.1. The molecular formula is C14H12BrClN2O2S. The van der Waals surface area contributed by atoms with Crippen molar-refractivity contribution in [1.82, 2.24) is 0 Å². The van der Waals surface area contributed by atoms with Gasteiger partial charge in [0.1, 0.15) is 5.75 Å². The van der Waals surface area contributed by atoms with Crippen LogP contribution in [0.2, 0.25) is 5.02 Å². The molecule has 110 valence electrons. The minimum atomic E-state index is -0.170. The number of hydrogen-bond acceptors (Lipinski definition) is 4.